The van der Waals surface area contributed by atoms with Crippen molar-refractivity contribution >= 4 is 50.3 Å². The Balaban J connectivity index is 1.95. The molecule has 2 aliphatic rings. The van der Waals surface area contributed by atoms with E-state index in [2.05, 4.69) is 27.4 Å². The van der Waals surface area contributed by atoms with E-state index in [0.717, 1.165) is 40.7 Å². The first-order valence-electron chi connectivity index (χ1n) is 6.04. The molecular weight excluding hydrogens is 276 g/mol. The number of aldehydes is 1. The largest absolute Gasteiger partial charge is 0.317 e. The second-order valence-corrected chi connectivity index (χ2v) is 6.31. The Hall–Kier alpha value is -1.59. The number of benzene rings is 1. The third-order valence-electron chi connectivity index (χ3n) is 3.35. The minimum Gasteiger partial charge on any atom is -0.317 e. The van der Waals surface area contributed by atoms with Gasteiger partial charge in [0.2, 0.25) is 0 Å². The average Bonchev–Trinajstić information content (AvgIpc) is 3.11. The minimum atomic E-state index is 0.780. The van der Waals surface area contributed by atoms with Gasteiger partial charge in [-0.05, 0) is 17.8 Å². The molecule has 1 aromatic carbocycles. The van der Waals surface area contributed by atoms with E-state index in [-0.39, 0.29) is 0 Å². The smallest absolute Gasteiger partial charge is 0.168 e. The number of aliphatic imine (C=N–C) groups is 1. The van der Waals surface area contributed by atoms with Crippen LogP contribution in [0.25, 0.3) is 15.8 Å². The van der Waals surface area contributed by atoms with Crippen LogP contribution in [0.3, 0.4) is 0 Å². The molecule has 0 saturated heterocycles. The van der Waals surface area contributed by atoms with Crippen LogP contribution in [0.4, 0.5) is 0 Å². The molecule has 3 nitrogen and oxygen atoms in total. The van der Waals surface area contributed by atoms with E-state index >= 15 is 0 Å². The number of carbonyl (C=O) groups excluding carboxylic acids is 1. The lowest BCUT2D eigenvalue weighted by Gasteiger charge is -2.16. The first kappa shape index (κ1) is 11.3. The fourth-order valence-electron chi connectivity index (χ4n) is 2.52. The van der Waals surface area contributed by atoms with Crippen LogP contribution in [0.1, 0.15) is 5.56 Å². The maximum absolute atomic E-state index is 11.3. The van der Waals surface area contributed by atoms with Gasteiger partial charge >= 0.3 is 0 Å². The van der Waals surface area contributed by atoms with E-state index in [4.69, 9.17) is 0 Å². The van der Waals surface area contributed by atoms with Crippen LogP contribution in [0, 0.1) is 0 Å². The predicted molar refractivity (Wildman–Crippen MR) is 81.4 cm³/mol. The summed E-state index contributed by atoms with van der Waals surface area (Å²) in [5.41, 5.74) is 2.19. The topological polar surface area (TPSA) is 32.7 Å². The molecular formula is C14H10N2OS2. The molecule has 2 aliphatic heterocycles. The Kier molecular flexibility index (Phi) is 2.50. The van der Waals surface area contributed by atoms with Gasteiger partial charge in [0.1, 0.15) is 0 Å². The van der Waals surface area contributed by atoms with Crippen LogP contribution in [-0.2, 0) is 4.79 Å². The Morgan fingerprint density at radius 3 is 3.11 bits per heavy atom. The van der Waals surface area contributed by atoms with E-state index in [1.807, 2.05) is 12.1 Å². The summed E-state index contributed by atoms with van der Waals surface area (Å²) in [4.78, 5) is 18.7. The van der Waals surface area contributed by atoms with Crippen LogP contribution < -0.4 is 0 Å². The molecule has 19 heavy (non-hydrogen) atoms. The van der Waals surface area contributed by atoms with Gasteiger partial charge in [0.25, 0.3) is 0 Å². The first-order chi connectivity index (χ1) is 9.38. The molecule has 0 fully saturated rings. The Bertz CT molecular complexity index is 745. The lowest BCUT2D eigenvalue weighted by atomic mass is 10.1. The number of allylic oxidation sites excluding steroid dienone is 1. The van der Waals surface area contributed by atoms with E-state index in [1.165, 1.54) is 21.8 Å². The van der Waals surface area contributed by atoms with Crippen LogP contribution in [-0.4, -0.2) is 29.4 Å². The Morgan fingerprint density at radius 2 is 2.21 bits per heavy atom. The maximum atomic E-state index is 11.3. The third kappa shape index (κ3) is 1.58. The molecule has 0 bridgehead atoms. The number of thioether (sulfide) groups is 1. The van der Waals surface area contributed by atoms with Crippen molar-refractivity contribution in [3.8, 4) is 0 Å². The summed E-state index contributed by atoms with van der Waals surface area (Å²) >= 11 is 3.21. The normalized spacial score (nSPS) is 18.1. The average molecular weight is 286 g/mol. The third-order valence-corrected chi connectivity index (χ3v) is 5.35. The standard InChI is InChI=1S/C14H10N2OS2/c17-7-12-13(16-6-5-15-14(16)19-12)10-8-18-11-4-2-1-3-9(10)11/h1-4,7-8H,5-6H2. The van der Waals surface area contributed by atoms with Crippen LogP contribution in [0.5, 0.6) is 0 Å². The van der Waals surface area contributed by atoms with Gasteiger partial charge in [0.05, 0.1) is 17.1 Å². The minimum absolute atomic E-state index is 0.780. The van der Waals surface area contributed by atoms with Gasteiger partial charge in [-0.15, -0.1) is 11.3 Å². The van der Waals surface area contributed by atoms with Gasteiger partial charge in [-0.1, -0.05) is 18.2 Å². The molecule has 2 aromatic rings. The second kappa shape index (κ2) is 4.21. The molecule has 5 heteroatoms. The second-order valence-electron chi connectivity index (χ2n) is 4.39. The Morgan fingerprint density at radius 1 is 1.32 bits per heavy atom. The molecule has 0 radical (unpaired) electrons. The monoisotopic (exact) mass is 286 g/mol. The van der Waals surface area contributed by atoms with Gasteiger partial charge in [-0.3, -0.25) is 9.79 Å². The molecule has 4 rings (SSSR count). The molecule has 0 N–H and O–H groups in total. The van der Waals surface area contributed by atoms with Gasteiger partial charge < -0.3 is 4.90 Å². The number of nitrogens with zero attached hydrogens (tertiary/aromatic N) is 2. The van der Waals surface area contributed by atoms with Crippen LogP contribution in [0.2, 0.25) is 0 Å². The molecule has 0 saturated carbocycles. The number of hydrogen-bond acceptors (Lipinski definition) is 5. The highest BCUT2D eigenvalue weighted by Gasteiger charge is 2.33. The summed E-state index contributed by atoms with van der Waals surface area (Å²) in [5.74, 6) is 0. The zero-order chi connectivity index (χ0) is 12.8. The molecule has 0 amide bonds. The van der Waals surface area contributed by atoms with Crippen LogP contribution in [0.15, 0.2) is 39.5 Å². The zero-order valence-electron chi connectivity index (χ0n) is 10.00. The van der Waals surface area contributed by atoms with E-state index < -0.39 is 0 Å². The number of rotatable bonds is 2. The molecule has 3 heterocycles. The van der Waals surface area contributed by atoms with Crippen molar-refractivity contribution in [1.29, 1.82) is 0 Å². The van der Waals surface area contributed by atoms with Gasteiger partial charge in [-0.2, -0.15) is 0 Å². The number of amidine groups is 1. The molecule has 1 aromatic heterocycles. The highest BCUT2D eigenvalue weighted by molar-refractivity contribution is 8.18. The summed E-state index contributed by atoms with van der Waals surface area (Å²) in [6, 6.07) is 8.32. The highest BCUT2D eigenvalue weighted by Crippen LogP contribution is 2.43. The summed E-state index contributed by atoms with van der Waals surface area (Å²) in [6.45, 7) is 1.69. The summed E-state index contributed by atoms with van der Waals surface area (Å²) < 4.78 is 1.25. The fourth-order valence-corrected chi connectivity index (χ4v) is 4.48. The summed E-state index contributed by atoms with van der Waals surface area (Å²) in [7, 11) is 0. The van der Waals surface area contributed by atoms with Crippen molar-refractivity contribution in [2.24, 2.45) is 4.99 Å². The van der Waals surface area contributed by atoms with Crippen molar-refractivity contribution in [1.82, 2.24) is 4.90 Å². The highest BCUT2D eigenvalue weighted by atomic mass is 32.2. The lowest BCUT2D eigenvalue weighted by molar-refractivity contribution is -0.104. The van der Waals surface area contributed by atoms with E-state index in [1.54, 1.807) is 11.3 Å². The van der Waals surface area contributed by atoms with Crippen molar-refractivity contribution in [3.05, 3.63) is 40.1 Å². The Labute approximate surface area is 118 Å². The fraction of sp³-hybridized carbons (Fsp3) is 0.143. The van der Waals surface area contributed by atoms with Crippen molar-refractivity contribution < 1.29 is 4.79 Å². The van der Waals surface area contributed by atoms with Crippen molar-refractivity contribution in [2.75, 3.05) is 13.1 Å². The molecule has 0 unspecified atom stereocenters. The van der Waals surface area contributed by atoms with Crippen molar-refractivity contribution in [2.45, 2.75) is 0 Å². The van der Waals surface area contributed by atoms with Gasteiger partial charge in [0, 0.05) is 27.6 Å². The number of carbonyl (C=O) groups is 1. The number of thiophene rings is 1. The zero-order valence-corrected chi connectivity index (χ0v) is 11.6. The number of fused-ring (bicyclic) bond motifs is 2. The van der Waals surface area contributed by atoms with Crippen LogP contribution >= 0.6 is 23.1 Å². The maximum Gasteiger partial charge on any atom is 0.168 e. The molecule has 0 aliphatic carbocycles. The quantitative estimate of drug-likeness (QED) is 0.795. The molecule has 94 valence electrons. The first-order valence-corrected chi connectivity index (χ1v) is 7.74. The van der Waals surface area contributed by atoms with Crippen molar-refractivity contribution in [3.63, 3.8) is 0 Å². The lowest BCUT2D eigenvalue weighted by Crippen LogP contribution is -2.19. The predicted octanol–water partition coefficient (Wildman–Crippen LogP) is 3.19. The van der Waals surface area contributed by atoms with E-state index in [0.29, 0.717) is 0 Å². The number of hydrogen-bond donors (Lipinski definition) is 0. The van der Waals surface area contributed by atoms with Gasteiger partial charge in [-0.25, -0.2) is 0 Å². The molecule has 0 spiro atoms. The van der Waals surface area contributed by atoms with E-state index in [9.17, 15) is 4.79 Å². The SMILES string of the molecule is O=CC1=C(c2csc3ccccc23)N2CCN=C2S1. The summed E-state index contributed by atoms with van der Waals surface area (Å²) in [5, 5.41) is 4.33. The summed E-state index contributed by atoms with van der Waals surface area (Å²) in [6.07, 6.45) is 0.952. The van der Waals surface area contributed by atoms with Gasteiger partial charge in [0.15, 0.2) is 11.5 Å². The molecule has 0 atom stereocenters.